The number of anilines is 1. The number of fused-ring (bicyclic) bond motifs is 1. The number of amides is 1. The number of carbonyl (C=O) groups is 1. The summed E-state index contributed by atoms with van der Waals surface area (Å²) in [6, 6.07) is 9.38. The molecule has 1 aliphatic rings. The van der Waals surface area contributed by atoms with Crippen molar-refractivity contribution in [2.75, 3.05) is 18.5 Å². The first-order valence-electron chi connectivity index (χ1n) is 11.3. The number of nitrogens with one attached hydrogen (secondary N) is 2. The molecule has 10 heteroatoms. The lowest BCUT2D eigenvalue weighted by Crippen LogP contribution is -2.29. The van der Waals surface area contributed by atoms with E-state index in [1.165, 1.54) is 12.1 Å². The minimum absolute atomic E-state index is 0.0180. The van der Waals surface area contributed by atoms with E-state index in [9.17, 15) is 9.18 Å². The van der Waals surface area contributed by atoms with E-state index >= 15 is 0 Å². The Bertz CT molecular complexity index is 1370. The highest BCUT2D eigenvalue weighted by atomic mass is 35.5. The van der Waals surface area contributed by atoms with Gasteiger partial charge in [0, 0.05) is 55.2 Å². The van der Waals surface area contributed by atoms with Gasteiger partial charge in [0.15, 0.2) is 0 Å². The highest BCUT2D eigenvalue weighted by Crippen LogP contribution is 2.26. The average molecular weight is 495 g/mol. The van der Waals surface area contributed by atoms with Gasteiger partial charge in [0.25, 0.3) is 5.91 Å². The Labute approximate surface area is 206 Å². The molecule has 2 aromatic heterocycles. The molecule has 2 N–H and O–H groups in total. The molecule has 1 saturated heterocycles. The average Bonchev–Trinajstić information content (AvgIpc) is 3.30. The van der Waals surface area contributed by atoms with Gasteiger partial charge in [-0.15, -0.1) is 0 Å². The van der Waals surface area contributed by atoms with Crippen molar-refractivity contribution in [3.63, 3.8) is 0 Å². The number of halogens is 2. The number of hydrogen-bond acceptors (Lipinski definition) is 6. The highest BCUT2D eigenvalue weighted by Gasteiger charge is 2.21. The van der Waals surface area contributed by atoms with E-state index in [2.05, 4.69) is 25.7 Å². The van der Waals surface area contributed by atoms with Crippen molar-refractivity contribution in [1.82, 2.24) is 25.1 Å². The molecule has 4 aromatic rings. The fraction of sp³-hybridized carbons (Fsp3) is 0.280. The van der Waals surface area contributed by atoms with E-state index in [4.69, 9.17) is 16.3 Å². The van der Waals surface area contributed by atoms with Gasteiger partial charge in [-0.25, -0.2) is 14.4 Å². The monoisotopic (exact) mass is 494 g/mol. The number of rotatable bonds is 6. The first-order valence-corrected chi connectivity index (χ1v) is 11.7. The second kappa shape index (κ2) is 9.97. The largest absolute Gasteiger partial charge is 0.381 e. The van der Waals surface area contributed by atoms with Gasteiger partial charge in [0.2, 0.25) is 5.95 Å². The Balaban J connectivity index is 1.41. The van der Waals surface area contributed by atoms with Gasteiger partial charge < -0.3 is 15.4 Å². The lowest BCUT2D eigenvalue weighted by molar-refractivity contribution is 0.0903. The molecule has 1 aliphatic heterocycles. The number of ether oxygens (including phenoxy) is 1. The van der Waals surface area contributed by atoms with Crippen LogP contribution in [0.4, 0.5) is 10.3 Å². The maximum absolute atomic E-state index is 14.2. The second-order valence-electron chi connectivity index (χ2n) is 8.53. The van der Waals surface area contributed by atoms with Crippen molar-refractivity contribution in [1.29, 1.82) is 0 Å². The summed E-state index contributed by atoms with van der Waals surface area (Å²) >= 11 is 5.86. The summed E-state index contributed by atoms with van der Waals surface area (Å²) in [7, 11) is 1.78. The minimum Gasteiger partial charge on any atom is -0.381 e. The number of carbonyl (C=O) groups excluding carboxylic acids is 1. The van der Waals surface area contributed by atoms with Crippen LogP contribution in [0.1, 0.15) is 40.4 Å². The van der Waals surface area contributed by atoms with Crippen LogP contribution in [0, 0.1) is 5.82 Å². The Morgan fingerprint density at radius 2 is 2.00 bits per heavy atom. The topological polar surface area (TPSA) is 94.0 Å². The third-order valence-electron chi connectivity index (χ3n) is 6.01. The van der Waals surface area contributed by atoms with Gasteiger partial charge in [-0.1, -0.05) is 23.7 Å². The van der Waals surface area contributed by atoms with Crippen LogP contribution in [-0.4, -0.2) is 44.9 Å². The summed E-state index contributed by atoms with van der Waals surface area (Å²) in [4.78, 5) is 22.3. The molecule has 180 valence electrons. The van der Waals surface area contributed by atoms with E-state index in [-0.39, 0.29) is 17.0 Å². The lowest BCUT2D eigenvalue weighted by atomic mass is 10.0. The van der Waals surface area contributed by atoms with E-state index in [0.29, 0.717) is 41.4 Å². The summed E-state index contributed by atoms with van der Waals surface area (Å²) in [5.74, 6) is -0.361. The Kier molecular flexibility index (Phi) is 6.61. The van der Waals surface area contributed by atoms with Gasteiger partial charge in [0.1, 0.15) is 5.82 Å². The Morgan fingerprint density at radius 3 is 2.74 bits per heavy atom. The normalized spacial score (nSPS) is 15.2. The van der Waals surface area contributed by atoms with Gasteiger partial charge in [-0.3, -0.25) is 9.48 Å². The summed E-state index contributed by atoms with van der Waals surface area (Å²) in [5, 5.41) is 11.4. The van der Waals surface area contributed by atoms with Crippen LogP contribution in [0.25, 0.3) is 10.9 Å². The van der Waals surface area contributed by atoms with Crippen molar-refractivity contribution >= 4 is 34.4 Å². The number of aromatic nitrogens is 4. The molecule has 0 radical (unpaired) electrons. The first-order chi connectivity index (χ1) is 17.0. The summed E-state index contributed by atoms with van der Waals surface area (Å²) in [6.07, 6.45) is 6.94. The second-order valence-corrected chi connectivity index (χ2v) is 8.93. The molecule has 0 saturated carbocycles. The molecule has 2 aromatic carbocycles. The molecular formula is C25H24ClFN6O2. The third-order valence-corrected chi connectivity index (χ3v) is 6.32. The molecule has 3 heterocycles. The molecule has 5 rings (SSSR count). The molecule has 0 spiro atoms. The van der Waals surface area contributed by atoms with E-state index in [1.54, 1.807) is 48.5 Å². The van der Waals surface area contributed by atoms with Crippen molar-refractivity contribution in [3.8, 4) is 0 Å². The molecule has 35 heavy (non-hydrogen) atoms. The van der Waals surface area contributed by atoms with Crippen LogP contribution in [0.15, 0.2) is 55.0 Å². The first kappa shape index (κ1) is 23.2. The van der Waals surface area contributed by atoms with Crippen LogP contribution in [0.2, 0.25) is 5.02 Å². The molecule has 1 fully saturated rings. The molecule has 0 aliphatic carbocycles. The molecule has 1 amide bonds. The number of aryl methyl sites for hydroxylation is 1. The van der Waals surface area contributed by atoms with Crippen LogP contribution >= 0.6 is 11.6 Å². The molecule has 0 bridgehead atoms. The predicted molar refractivity (Wildman–Crippen MR) is 131 cm³/mol. The third kappa shape index (κ3) is 5.26. The molecule has 0 unspecified atom stereocenters. The van der Waals surface area contributed by atoms with Gasteiger partial charge >= 0.3 is 0 Å². The SMILES string of the molecule is Cn1cc([C@H](NC(=O)c2ccc3cnc(NC4CCOCC4)nc3c2)c2ccc(Cl)c(F)c2)cn1. The fourth-order valence-corrected chi connectivity index (χ4v) is 4.23. The van der Waals surface area contributed by atoms with Crippen molar-refractivity contribution in [2.24, 2.45) is 7.05 Å². The predicted octanol–water partition coefficient (Wildman–Crippen LogP) is 4.27. The summed E-state index contributed by atoms with van der Waals surface area (Å²) in [5.41, 5.74) is 2.35. The quantitative estimate of drug-likeness (QED) is 0.416. The Morgan fingerprint density at radius 1 is 1.17 bits per heavy atom. The maximum atomic E-state index is 14.2. The van der Waals surface area contributed by atoms with Gasteiger partial charge in [0.05, 0.1) is 22.8 Å². The minimum atomic E-state index is -0.616. The molecule has 1 atom stereocenters. The van der Waals surface area contributed by atoms with Gasteiger partial charge in [-0.05, 0) is 42.7 Å². The van der Waals surface area contributed by atoms with Gasteiger partial charge in [-0.2, -0.15) is 5.10 Å². The number of nitrogens with zero attached hydrogens (tertiary/aromatic N) is 4. The maximum Gasteiger partial charge on any atom is 0.252 e. The Hall–Kier alpha value is -3.56. The van der Waals surface area contributed by atoms with E-state index < -0.39 is 11.9 Å². The zero-order valence-corrected chi connectivity index (χ0v) is 19.8. The lowest BCUT2D eigenvalue weighted by Gasteiger charge is -2.23. The van der Waals surface area contributed by atoms with Crippen LogP contribution in [-0.2, 0) is 11.8 Å². The van der Waals surface area contributed by atoms with Crippen LogP contribution < -0.4 is 10.6 Å². The zero-order chi connectivity index (χ0) is 24.4. The zero-order valence-electron chi connectivity index (χ0n) is 19.0. The van der Waals surface area contributed by atoms with E-state index in [1.807, 2.05) is 6.07 Å². The molecular weight excluding hydrogens is 471 g/mol. The summed E-state index contributed by atoms with van der Waals surface area (Å²) < 4.78 is 21.2. The van der Waals surface area contributed by atoms with E-state index in [0.717, 1.165) is 18.2 Å². The van der Waals surface area contributed by atoms with Crippen molar-refractivity contribution < 1.29 is 13.9 Å². The highest BCUT2D eigenvalue weighted by molar-refractivity contribution is 6.30. The number of hydrogen-bond donors (Lipinski definition) is 2. The molecule has 8 nitrogen and oxygen atoms in total. The van der Waals surface area contributed by atoms with Crippen molar-refractivity contribution in [3.05, 3.63) is 82.5 Å². The summed E-state index contributed by atoms with van der Waals surface area (Å²) in [6.45, 7) is 1.43. The smallest absolute Gasteiger partial charge is 0.252 e. The van der Waals surface area contributed by atoms with Crippen LogP contribution in [0.3, 0.4) is 0 Å². The fourth-order valence-electron chi connectivity index (χ4n) is 4.11. The number of benzene rings is 2. The van der Waals surface area contributed by atoms with Crippen LogP contribution in [0.5, 0.6) is 0 Å². The van der Waals surface area contributed by atoms with Crippen molar-refractivity contribution in [2.45, 2.75) is 24.9 Å². The standard InChI is InChI=1S/C25H24ClFN6O2/c1-33-14-18(13-29-33)23(15-4-5-20(26)21(27)10-15)32-24(34)16-2-3-17-12-28-25(31-22(17)11-16)30-19-6-8-35-9-7-19/h2-5,10-14,19,23H,6-9H2,1H3,(H,32,34)(H,28,30,31)/t23-/m1/s1.